The molecule has 0 aliphatic rings. The maximum atomic E-state index is 14.8. The van der Waals surface area contributed by atoms with Crippen LogP contribution in [0.5, 0.6) is 0 Å². The number of nitrogens with one attached hydrogen (secondary N) is 1. The average Bonchev–Trinajstić information content (AvgIpc) is 2.68. The molecular formula is C19H15FN4O3S. The predicted molar refractivity (Wildman–Crippen MR) is 102 cm³/mol. The Morgan fingerprint density at radius 3 is 2.75 bits per heavy atom. The molecule has 0 aliphatic heterocycles. The molecule has 0 aliphatic carbocycles. The predicted octanol–water partition coefficient (Wildman–Crippen LogP) is 3.02. The van der Waals surface area contributed by atoms with Crippen molar-refractivity contribution in [3.63, 3.8) is 0 Å². The molecule has 28 heavy (non-hydrogen) atoms. The van der Waals surface area contributed by atoms with Gasteiger partial charge in [-0.05, 0) is 36.8 Å². The van der Waals surface area contributed by atoms with Gasteiger partial charge in [-0.25, -0.2) is 17.8 Å². The molecule has 1 N–H and O–H groups in total. The van der Waals surface area contributed by atoms with Gasteiger partial charge in [0.05, 0.1) is 34.2 Å². The molecule has 142 valence electrons. The molecule has 0 atom stereocenters. The number of sulfonamides is 1. The van der Waals surface area contributed by atoms with E-state index in [1.165, 1.54) is 36.5 Å². The Labute approximate surface area is 160 Å². The van der Waals surface area contributed by atoms with Crippen LogP contribution in [-0.4, -0.2) is 29.9 Å². The van der Waals surface area contributed by atoms with Gasteiger partial charge in [0, 0.05) is 5.56 Å². The first-order chi connectivity index (χ1) is 13.3. The van der Waals surface area contributed by atoms with E-state index in [2.05, 4.69) is 14.7 Å². The number of carbonyl (C=O) groups excluding carboxylic acids is 1. The number of benzene rings is 2. The molecule has 1 aromatic heterocycles. The second-order valence-electron chi connectivity index (χ2n) is 5.99. The molecule has 0 radical (unpaired) electrons. The van der Waals surface area contributed by atoms with E-state index in [9.17, 15) is 17.6 Å². The summed E-state index contributed by atoms with van der Waals surface area (Å²) in [6.45, 7) is 1.69. The highest BCUT2D eigenvalue weighted by atomic mass is 32.2. The van der Waals surface area contributed by atoms with Crippen LogP contribution in [0, 0.1) is 17.1 Å². The maximum absolute atomic E-state index is 14.8. The Bertz CT molecular complexity index is 1220. The molecule has 0 unspecified atom stereocenters. The zero-order chi connectivity index (χ0) is 20.3. The van der Waals surface area contributed by atoms with Crippen molar-refractivity contribution < 1.29 is 17.6 Å². The van der Waals surface area contributed by atoms with E-state index in [4.69, 9.17) is 5.26 Å². The molecule has 2 aromatic carbocycles. The minimum absolute atomic E-state index is 0.0932. The molecule has 0 spiro atoms. The normalized spacial score (nSPS) is 11.2. The summed E-state index contributed by atoms with van der Waals surface area (Å²) < 4.78 is 40.8. The molecule has 9 heteroatoms. The number of fused-ring (bicyclic) bond motifs is 1. The lowest BCUT2D eigenvalue weighted by molar-refractivity contribution is 0.103. The van der Waals surface area contributed by atoms with Crippen LogP contribution >= 0.6 is 0 Å². The van der Waals surface area contributed by atoms with Crippen LogP contribution in [0.3, 0.4) is 0 Å². The van der Waals surface area contributed by atoms with Gasteiger partial charge in [-0.15, -0.1) is 0 Å². The minimum Gasteiger partial charge on any atom is -0.288 e. The molecule has 0 saturated carbocycles. The molecule has 3 aromatic rings. The van der Waals surface area contributed by atoms with Crippen molar-refractivity contribution in [1.29, 1.82) is 5.26 Å². The van der Waals surface area contributed by atoms with Gasteiger partial charge < -0.3 is 0 Å². The number of aromatic nitrogens is 2. The van der Waals surface area contributed by atoms with Gasteiger partial charge in [0.2, 0.25) is 10.0 Å². The van der Waals surface area contributed by atoms with Gasteiger partial charge in [0.15, 0.2) is 17.3 Å². The highest BCUT2D eigenvalue weighted by Gasteiger charge is 2.20. The van der Waals surface area contributed by atoms with E-state index in [1.807, 2.05) is 6.07 Å². The third kappa shape index (κ3) is 3.97. The van der Waals surface area contributed by atoms with Gasteiger partial charge >= 0.3 is 0 Å². The Hall–Kier alpha value is -3.38. The average molecular weight is 398 g/mol. The van der Waals surface area contributed by atoms with E-state index < -0.39 is 21.6 Å². The van der Waals surface area contributed by atoms with Gasteiger partial charge in [-0.1, -0.05) is 13.0 Å². The second-order valence-corrected chi connectivity index (χ2v) is 7.83. The fraction of sp³-hybridized carbons (Fsp3) is 0.158. The first-order valence-corrected chi connectivity index (χ1v) is 10.0. The second kappa shape index (κ2) is 7.70. The molecule has 7 nitrogen and oxygen atoms in total. The third-order valence-corrected chi connectivity index (χ3v) is 5.38. The number of anilines is 1. The number of ketones is 1. The van der Waals surface area contributed by atoms with Crippen LogP contribution in [0.1, 0.15) is 35.0 Å². The summed E-state index contributed by atoms with van der Waals surface area (Å²) in [4.78, 5) is 20.9. The molecule has 0 amide bonds. The Balaban J connectivity index is 2.00. The Morgan fingerprint density at radius 1 is 1.25 bits per heavy atom. The first kappa shape index (κ1) is 19.4. The van der Waals surface area contributed by atoms with E-state index in [0.29, 0.717) is 17.5 Å². The van der Waals surface area contributed by atoms with Crippen molar-refractivity contribution in [3.8, 4) is 6.07 Å². The van der Waals surface area contributed by atoms with Gasteiger partial charge in [-0.3, -0.25) is 14.5 Å². The third-order valence-electron chi connectivity index (χ3n) is 3.90. The van der Waals surface area contributed by atoms with Crippen LogP contribution in [0.25, 0.3) is 11.0 Å². The van der Waals surface area contributed by atoms with Crippen LogP contribution < -0.4 is 4.72 Å². The number of hydrogen-bond donors (Lipinski definition) is 1. The SMILES string of the molecule is CCCS(=O)(=O)Nc1cccc(C(=O)c2ccc3ncc(C#N)nc3c2)c1F. The van der Waals surface area contributed by atoms with E-state index in [-0.39, 0.29) is 28.3 Å². The molecule has 0 saturated heterocycles. The van der Waals surface area contributed by atoms with Crippen LogP contribution in [0.2, 0.25) is 0 Å². The standard InChI is InChI=1S/C19H15FN4O3S/c1-2-8-28(26,27)24-16-5-3-4-14(18(16)20)19(25)12-6-7-15-17(9-12)23-13(10-21)11-22-15/h3-7,9,11,24H,2,8H2,1H3. The molecule has 3 rings (SSSR count). The van der Waals surface area contributed by atoms with Crippen molar-refractivity contribution >= 4 is 32.5 Å². The topological polar surface area (TPSA) is 113 Å². The summed E-state index contributed by atoms with van der Waals surface area (Å²) in [6, 6.07) is 10.2. The lowest BCUT2D eigenvalue weighted by Crippen LogP contribution is -2.18. The number of halogens is 1. The largest absolute Gasteiger partial charge is 0.288 e. The molecule has 1 heterocycles. The minimum atomic E-state index is -3.70. The lowest BCUT2D eigenvalue weighted by Gasteiger charge is -2.11. The summed E-state index contributed by atoms with van der Waals surface area (Å²) in [7, 11) is -3.70. The van der Waals surface area contributed by atoms with Crippen molar-refractivity contribution in [3.05, 3.63) is 65.2 Å². The molecule has 0 bridgehead atoms. The summed E-state index contributed by atoms with van der Waals surface area (Å²) in [6.07, 6.45) is 1.69. The van der Waals surface area contributed by atoms with Crippen molar-refractivity contribution in [2.24, 2.45) is 0 Å². The van der Waals surface area contributed by atoms with Crippen LogP contribution in [0.15, 0.2) is 42.6 Å². The number of nitrogens with zero attached hydrogens (tertiary/aromatic N) is 3. The highest BCUT2D eigenvalue weighted by molar-refractivity contribution is 7.92. The van der Waals surface area contributed by atoms with E-state index in [1.54, 1.807) is 13.0 Å². The molecule has 0 fully saturated rings. The van der Waals surface area contributed by atoms with Crippen LogP contribution in [-0.2, 0) is 10.0 Å². The monoisotopic (exact) mass is 398 g/mol. The fourth-order valence-corrected chi connectivity index (χ4v) is 3.77. The Morgan fingerprint density at radius 2 is 2.04 bits per heavy atom. The number of carbonyl (C=O) groups is 1. The van der Waals surface area contributed by atoms with Crippen molar-refractivity contribution in [1.82, 2.24) is 9.97 Å². The molecular weight excluding hydrogens is 383 g/mol. The lowest BCUT2D eigenvalue weighted by atomic mass is 10.0. The smallest absolute Gasteiger partial charge is 0.232 e. The summed E-state index contributed by atoms with van der Waals surface area (Å²) in [5, 5.41) is 8.93. The maximum Gasteiger partial charge on any atom is 0.232 e. The van der Waals surface area contributed by atoms with Gasteiger partial charge in [0.1, 0.15) is 6.07 Å². The summed E-state index contributed by atoms with van der Waals surface area (Å²) in [5.74, 6) is -1.75. The first-order valence-electron chi connectivity index (χ1n) is 8.35. The van der Waals surface area contributed by atoms with Crippen molar-refractivity contribution in [2.45, 2.75) is 13.3 Å². The summed E-state index contributed by atoms with van der Waals surface area (Å²) >= 11 is 0. The zero-order valence-corrected chi connectivity index (χ0v) is 15.6. The van der Waals surface area contributed by atoms with E-state index in [0.717, 1.165) is 0 Å². The summed E-state index contributed by atoms with van der Waals surface area (Å²) in [5.41, 5.74) is 0.481. The quantitative estimate of drug-likeness (QED) is 0.639. The van der Waals surface area contributed by atoms with Crippen LogP contribution in [0.4, 0.5) is 10.1 Å². The van der Waals surface area contributed by atoms with Crippen molar-refractivity contribution in [2.75, 3.05) is 10.5 Å². The number of rotatable bonds is 6. The number of nitriles is 1. The zero-order valence-electron chi connectivity index (χ0n) is 14.8. The van der Waals surface area contributed by atoms with Gasteiger partial charge in [-0.2, -0.15) is 5.26 Å². The van der Waals surface area contributed by atoms with E-state index >= 15 is 0 Å². The Kier molecular flexibility index (Phi) is 5.33. The fourth-order valence-electron chi connectivity index (χ4n) is 2.64. The number of hydrogen-bond acceptors (Lipinski definition) is 6. The van der Waals surface area contributed by atoms with Gasteiger partial charge in [0.25, 0.3) is 0 Å². The highest BCUT2D eigenvalue weighted by Crippen LogP contribution is 2.23.